The van der Waals surface area contributed by atoms with Gasteiger partial charge >= 0.3 is 0 Å². The Labute approximate surface area is 168 Å². The molecule has 2 fully saturated rings. The highest BCUT2D eigenvalue weighted by Gasteiger charge is 2.50. The lowest BCUT2D eigenvalue weighted by atomic mass is 9.94. The van der Waals surface area contributed by atoms with Gasteiger partial charge in [0.05, 0.1) is 24.3 Å². The highest BCUT2D eigenvalue weighted by Crippen LogP contribution is 2.44. The lowest BCUT2D eigenvalue weighted by molar-refractivity contribution is -0.141. The Balaban J connectivity index is 1.94. The fourth-order valence-electron chi connectivity index (χ4n) is 4.40. The molecule has 0 aromatic heterocycles. The van der Waals surface area contributed by atoms with E-state index in [9.17, 15) is 19.1 Å². The quantitative estimate of drug-likeness (QED) is 0.479. The van der Waals surface area contributed by atoms with Crippen LogP contribution < -0.4 is 4.74 Å². The fourth-order valence-corrected chi connectivity index (χ4v) is 4.40. The lowest BCUT2D eigenvalue weighted by Crippen LogP contribution is -2.38. The number of rotatable bonds is 4. The van der Waals surface area contributed by atoms with E-state index in [1.54, 1.807) is 42.5 Å². The van der Waals surface area contributed by atoms with E-state index in [4.69, 9.17) is 4.74 Å². The van der Waals surface area contributed by atoms with E-state index in [1.807, 2.05) is 0 Å². The molecular weight excluding hydrogens is 373 g/mol. The molecule has 1 saturated carbocycles. The minimum Gasteiger partial charge on any atom is -0.507 e. The van der Waals surface area contributed by atoms with Gasteiger partial charge in [0.15, 0.2) is 0 Å². The minimum absolute atomic E-state index is 0.100. The number of likely N-dealkylation sites (tertiary alicyclic amines) is 1. The van der Waals surface area contributed by atoms with Crippen LogP contribution in [0, 0.1) is 5.82 Å². The van der Waals surface area contributed by atoms with Crippen LogP contribution in [0.4, 0.5) is 4.39 Å². The Kier molecular flexibility index (Phi) is 5.09. The molecule has 1 atom stereocenters. The zero-order chi connectivity index (χ0) is 20.5. The predicted molar refractivity (Wildman–Crippen MR) is 106 cm³/mol. The molecule has 2 aliphatic rings. The van der Waals surface area contributed by atoms with Gasteiger partial charge in [-0.2, -0.15) is 0 Å². The van der Waals surface area contributed by atoms with Gasteiger partial charge in [0.2, 0.25) is 0 Å². The number of nitrogens with zero attached hydrogens (tertiary/aromatic N) is 1. The molecule has 0 radical (unpaired) electrons. The van der Waals surface area contributed by atoms with Crippen LogP contribution >= 0.6 is 0 Å². The topological polar surface area (TPSA) is 66.8 Å². The summed E-state index contributed by atoms with van der Waals surface area (Å²) in [7, 11) is 1.46. The SMILES string of the molecule is COc1ccccc1/C(O)=C1/C(=O)C(=O)N(C2CCCC2)C1c1ccccc1F. The third-order valence-electron chi connectivity index (χ3n) is 5.76. The van der Waals surface area contributed by atoms with Crippen LogP contribution in [0.1, 0.15) is 42.9 Å². The summed E-state index contributed by atoms with van der Waals surface area (Å²) in [6, 6.07) is 11.6. The summed E-state index contributed by atoms with van der Waals surface area (Å²) in [5.74, 6) is -2.00. The van der Waals surface area contributed by atoms with E-state index in [0.29, 0.717) is 11.3 Å². The monoisotopic (exact) mass is 395 g/mol. The molecule has 5 nitrogen and oxygen atoms in total. The van der Waals surface area contributed by atoms with E-state index >= 15 is 0 Å². The molecule has 150 valence electrons. The van der Waals surface area contributed by atoms with Crippen LogP contribution in [0.15, 0.2) is 54.1 Å². The highest BCUT2D eigenvalue weighted by molar-refractivity contribution is 6.46. The Hall–Kier alpha value is -3.15. The van der Waals surface area contributed by atoms with Crippen molar-refractivity contribution in [1.82, 2.24) is 4.90 Å². The highest BCUT2D eigenvalue weighted by atomic mass is 19.1. The van der Waals surface area contributed by atoms with Gasteiger partial charge in [-0.05, 0) is 31.0 Å². The van der Waals surface area contributed by atoms with Crippen molar-refractivity contribution >= 4 is 17.4 Å². The number of carbonyl (C=O) groups excluding carboxylic acids is 2. The molecule has 2 aromatic rings. The van der Waals surface area contributed by atoms with E-state index < -0.39 is 23.5 Å². The molecule has 1 heterocycles. The zero-order valence-electron chi connectivity index (χ0n) is 16.1. The molecule has 6 heteroatoms. The van der Waals surface area contributed by atoms with E-state index in [0.717, 1.165) is 25.7 Å². The number of methoxy groups -OCH3 is 1. The van der Waals surface area contributed by atoms with Gasteiger partial charge < -0.3 is 14.7 Å². The second-order valence-electron chi connectivity index (χ2n) is 7.37. The molecule has 1 aliphatic carbocycles. The summed E-state index contributed by atoms with van der Waals surface area (Å²) < 4.78 is 20.1. The number of amides is 1. The van der Waals surface area contributed by atoms with Crippen molar-refractivity contribution in [3.8, 4) is 5.75 Å². The van der Waals surface area contributed by atoms with Gasteiger partial charge in [0.25, 0.3) is 11.7 Å². The number of benzene rings is 2. The van der Waals surface area contributed by atoms with Gasteiger partial charge in [0, 0.05) is 11.6 Å². The fraction of sp³-hybridized carbons (Fsp3) is 0.304. The van der Waals surface area contributed by atoms with E-state index in [-0.39, 0.29) is 22.9 Å². The number of ether oxygens (including phenoxy) is 1. The summed E-state index contributed by atoms with van der Waals surface area (Å²) in [6.45, 7) is 0. The summed E-state index contributed by atoms with van der Waals surface area (Å²) >= 11 is 0. The average Bonchev–Trinajstić information content (AvgIpc) is 3.35. The number of hydrogen-bond acceptors (Lipinski definition) is 4. The number of carbonyl (C=O) groups is 2. The van der Waals surface area contributed by atoms with Gasteiger partial charge in [-0.3, -0.25) is 9.59 Å². The van der Waals surface area contributed by atoms with E-state index in [2.05, 4.69) is 0 Å². The number of aliphatic hydroxyl groups is 1. The zero-order valence-corrected chi connectivity index (χ0v) is 16.1. The summed E-state index contributed by atoms with van der Waals surface area (Å²) in [6.07, 6.45) is 3.41. The maximum atomic E-state index is 14.8. The summed E-state index contributed by atoms with van der Waals surface area (Å²) in [5, 5.41) is 11.1. The molecule has 1 saturated heterocycles. The van der Waals surface area contributed by atoms with Crippen molar-refractivity contribution in [1.29, 1.82) is 0 Å². The molecule has 29 heavy (non-hydrogen) atoms. The number of Topliss-reactive ketones (excluding diaryl/α,β-unsaturated/α-hetero) is 1. The summed E-state index contributed by atoms with van der Waals surface area (Å²) in [4.78, 5) is 27.4. The van der Waals surface area contributed by atoms with E-state index in [1.165, 1.54) is 18.1 Å². The maximum absolute atomic E-state index is 14.8. The normalized spacial score (nSPS) is 21.7. The van der Waals surface area contributed by atoms with Gasteiger partial charge in [-0.15, -0.1) is 0 Å². The molecule has 0 bridgehead atoms. The lowest BCUT2D eigenvalue weighted by Gasteiger charge is -2.31. The van der Waals surface area contributed by atoms with Crippen molar-refractivity contribution in [2.75, 3.05) is 7.11 Å². The first-order chi connectivity index (χ1) is 14.0. The average molecular weight is 395 g/mol. The van der Waals surface area contributed by atoms with Crippen LogP contribution in [-0.4, -0.2) is 34.8 Å². The van der Waals surface area contributed by atoms with Crippen molar-refractivity contribution in [3.63, 3.8) is 0 Å². The van der Waals surface area contributed by atoms with Crippen LogP contribution in [0.2, 0.25) is 0 Å². The number of ketones is 1. The van der Waals surface area contributed by atoms with Crippen molar-refractivity contribution in [2.45, 2.75) is 37.8 Å². The first-order valence-corrected chi connectivity index (χ1v) is 9.72. The molecule has 1 aliphatic heterocycles. The van der Waals surface area contributed by atoms with Crippen LogP contribution in [0.5, 0.6) is 5.75 Å². The minimum atomic E-state index is -0.968. The predicted octanol–water partition coefficient (Wildman–Crippen LogP) is 4.20. The Bertz CT molecular complexity index is 994. The van der Waals surface area contributed by atoms with Crippen LogP contribution in [-0.2, 0) is 9.59 Å². The molecule has 1 N–H and O–H groups in total. The molecule has 0 spiro atoms. The Morgan fingerprint density at radius 2 is 1.72 bits per heavy atom. The second-order valence-corrected chi connectivity index (χ2v) is 7.37. The van der Waals surface area contributed by atoms with Crippen LogP contribution in [0.3, 0.4) is 0 Å². The Morgan fingerprint density at radius 3 is 2.41 bits per heavy atom. The largest absolute Gasteiger partial charge is 0.507 e. The first-order valence-electron chi connectivity index (χ1n) is 9.72. The van der Waals surface area contributed by atoms with Crippen molar-refractivity contribution < 1.29 is 23.8 Å². The van der Waals surface area contributed by atoms with Gasteiger partial charge in [0.1, 0.15) is 17.3 Å². The molecule has 1 amide bonds. The second kappa shape index (κ2) is 7.70. The smallest absolute Gasteiger partial charge is 0.295 e. The summed E-state index contributed by atoms with van der Waals surface area (Å²) in [5.41, 5.74) is 0.396. The van der Waals surface area contributed by atoms with Crippen LogP contribution in [0.25, 0.3) is 5.76 Å². The maximum Gasteiger partial charge on any atom is 0.295 e. The number of para-hydroxylation sites is 1. The standard InChI is InChI=1S/C23H22FNO4/c1-29-18-13-7-5-11-16(18)21(26)19-20(15-10-4-6-12-17(15)24)25(23(28)22(19)27)14-8-2-3-9-14/h4-7,10-14,20,26H,2-3,8-9H2,1H3/b21-19-. The molecule has 2 aromatic carbocycles. The molecule has 1 unspecified atom stereocenters. The third kappa shape index (κ3) is 3.18. The van der Waals surface area contributed by atoms with Gasteiger partial charge in [-0.1, -0.05) is 43.2 Å². The van der Waals surface area contributed by atoms with Crippen molar-refractivity contribution in [3.05, 3.63) is 71.0 Å². The van der Waals surface area contributed by atoms with Gasteiger partial charge in [-0.25, -0.2) is 4.39 Å². The Morgan fingerprint density at radius 1 is 1.07 bits per heavy atom. The number of hydrogen-bond donors (Lipinski definition) is 1. The van der Waals surface area contributed by atoms with Crippen molar-refractivity contribution in [2.24, 2.45) is 0 Å². The first kappa shape index (κ1) is 19.2. The third-order valence-corrected chi connectivity index (χ3v) is 5.76. The molecule has 4 rings (SSSR count). The number of aliphatic hydroxyl groups excluding tert-OH is 1. The molecular formula is C23H22FNO4. The number of halogens is 1.